The van der Waals surface area contributed by atoms with Gasteiger partial charge in [-0.25, -0.2) is 4.68 Å². The summed E-state index contributed by atoms with van der Waals surface area (Å²) in [7, 11) is 0. The normalized spacial score (nSPS) is 10.2. The number of carboxylic acid groups (broad SMARTS) is 1. The van der Waals surface area contributed by atoms with Crippen molar-refractivity contribution in [2.75, 3.05) is 6.54 Å². The van der Waals surface area contributed by atoms with Gasteiger partial charge >= 0.3 is 5.97 Å². The lowest BCUT2D eigenvalue weighted by Crippen LogP contribution is -2.08. The van der Waals surface area contributed by atoms with Crippen molar-refractivity contribution in [1.82, 2.24) is 15.0 Å². The van der Waals surface area contributed by atoms with Crippen molar-refractivity contribution >= 4 is 5.97 Å². The van der Waals surface area contributed by atoms with Crippen LogP contribution in [0.25, 0.3) is 0 Å². The molecule has 1 heterocycles. The van der Waals surface area contributed by atoms with E-state index in [-0.39, 0.29) is 6.54 Å². The van der Waals surface area contributed by atoms with E-state index in [9.17, 15) is 4.79 Å². The third-order valence-electron chi connectivity index (χ3n) is 1.52. The summed E-state index contributed by atoms with van der Waals surface area (Å²) < 4.78 is 1.30. The Bertz CT molecular complexity index is 284. The largest absolute Gasteiger partial charge is 0.480 e. The second-order valence-corrected chi connectivity index (χ2v) is 2.69. The average molecular weight is 184 g/mol. The minimum Gasteiger partial charge on any atom is -0.480 e. The lowest BCUT2D eigenvalue weighted by atomic mass is 10.2. The molecule has 6 heteroatoms. The number of hydrogen-bond donors (Lipinski definition) is 2. The number of nitrogens with two attached hydrogens (primary N) is 1. The van der Waals surface area contributed by atoms with Crippen LogP contribution in [0.5, 0.6) is 0 Å². The molecular weight excluding hydrogens is 172 g/mol. The van der Waals surface area contributed by atoms with E-state index >= 15 is 0 Å². The summed E-state index contributed by atoms with van der Waals surface area (Å²) in [5, 5.41) is 15.9. The van der Waals surface area contributed by atoms with Crippen LogP contribution in [0, 0.1) is 0 Å². The Labute approximate surface area is 75.3 Å². The molecule has 0 amide bonds. The Hall–Kier alpha value is -1.43. The van der Waals surface area contributed by atoms with Crippen molar-refractivity contribution in [2.45, 2.75) is 19.4 Å². The van der Waals surface area contributed by atoms with E-state index in [4.69, 9.17) is 10.8 Å². The van der Waals surface area contributed by atoms with Crippen LogP contribution in [0.15, 0.2) is 6.20 Å². The molecule has 1 rings (SSSR count). The summed E-state index contributed by atoms with van der Waals surface area (Å²) in [5.41, 5.74) is 6.10. The average Bonchev–Trinajstić information content (AvgIpc) is 2.48. The SMILES string of the molecule is NCCCc1cn(CC(=O)O)nn1. The Morgan fingerprint density at radius 3 is 3.08 bits per heavy atom. The van der Waals surface area contributed by atoms with E-state index in [0.29, 0.717) is 6.54 Å². The van der Waals surface area contributed by atoms with Gasteiger partial charge in [0.05, 0.1) is 5.69 Å². The minimum absolute atomic E-state index is 0.143. The summed E-state index contributed by atoms with van der Waals surface area (Å²) in [6.45, 7) is 0.460. The van der Waals surface area contributed by atoms with Gasteiger partial charge in [0.1, 0.15) is 6.54 Å². The van der Waals surface area contributed by atoms with Gasteiger partial charge in [-0.1, -0.05) is 5.21 Å². The number of carbonyl (C=O) groups is 1. The fraction of sp³-hybridized carbons (Fsp3) is 0.571. The van der Waals surface area contributed by atoms with Gasteiger partial charge in [0.15, 0.2) is 0 Å². The smallest absolute Gasteiger partial charge is 0.325 e. The molecular formula is C7H12N4O2. The number of aromatic nitrogens is 3. The van der Waals surface area contributed by atoms with Crippen LogP contribution in [0.1, 0.15) is 12.1 Å². The molecule has 6 nitrogen and oxygen atoms in total. The zero-order valence-corrected chi connectivity index (χ0v) is 7.18. The zero-order chi connectivity index (χ0) is 9.68. The summed E-state index contributed by atoms with van der Waals surface area (Å²) >= 11 is 0. The molecule has 0 radical (unpaired) electrons. The minimum atomic E-state index is -0.921. The molecule has 13 heavy (non-hydrogen) atoms. The van der Waals surface area contributed by atoms with E-state index < -0.39 is 5.97 Å². The summed E-state index contributed by atoms with van der Waals surface area (Å²) in [4.78, 5) is 10.3. The second-order valence-electron chi connectivity index (χ2n) is 2.69. The second kappa shape index (κ2) is 4.56. The fourth-order valence-electron chi connectivity index (χ4n) is 0.952. The molecule has 0 atom stereocenters. The number of aryl methyl sites for hydroxylation is 1. The molecule has 0 aliphatic heterocycles. The molecule has 0 aromatic carbocycles. The Balaban J connectivity index is 2.48. The first-order valence-corrected chi connectivity index (χ1v) is 4.03. The first-order chi connectivity index (χ1) is 6.22. The summed E-state index contributed by atoms with van der Waals surface area (Å²) in [6, 6.07) is 0. The van der Waals surface area contributed by atoms with Crippen LogP contribution in [0.4, 0.5) is 0 Å². The van der Waals surface area contributed by atoms with Gasteiger partial charge in [-0.3, -0.25) is 4.79 Å². The van der Waals surface area contributed by atoms with Crippen LogP contribution < -0.4 is 5.73 Å². The highest BCUT2D eigenvalue weighted by Gasteiger charge is 2.03. The molecule has 0 bridgehead atoms. The lowest BCUT2D eigenvalue weighted by Gasteiger charge is -1.92. The van der Waals surface area contributed by atoms with Crippen molar-refractivity contribution in [3.05, 3.63) is 11.9 Å². The van der Waals surface area contributed by atoms with Crippen LogP contribution in [-0.4, -0.2) is 32.6 Å². The molecule has 72 valence electrons. The van der Waals surface area contributed by atoms with Crippen molar-refractivity contribution in [2.24, 2.45) is 5.73 Å². The first kappa shape index (κ1) is 9.66. The molecule has 0 saturated heterocycles. The van der Waals surface area contributed by atoms with Crippen molar-refractivity contribution in [3.8, 4) is 0 Å². The highest BCUT2D eigenvalue weighted by atomic mass is 16.4. The predicted octanol–water partition coefficient (Wildman–Crippen LogP) is -0.746. The highest BCUT2D eigenvalue weighted by Crippen LogP contribution is 1.96. The molecule has 0 aliphatic carbocycles. The Kier molecular flexibility index (Phi) is 3.39. The van der Waals surface area contributed by atoms with Crippen LogP contribution in [-0.2, 0) is 17.8 Å². The zero-order valence-electron chi connectivity index (χ0n) is 7.18. The molecule has 0 aliphatic rings. The maximum atomic E-state index is 10.3. The van der Waals surface area contributed by atoms with E-state index in [0.717, 1.165) is 18.5 Å². The Morgan fingerprint density at radius 2 is 2.46 bits per heavy atom. The molecule has 0 spiro atoms. The Morgan fingerprint density at radius 1 is 1.69 bits per heavy atom. The number of nitrogens with zero attached hydrogens (tertiary/aromatic N) is 3. The van der Waals surface area contributed by atoms with Gasteiger partial charge in [0.25, 0.3) is 0 Å². The van der Waals surface area contributed by atoms with Crippen molar-refractivity contribution in [1.29, 1.82) is 0 Å². The van der Waals surface area contributed by atoms with Gasteiger partial charge < -0.3 is 10.8 Å². The molecule has 0 fully saturated rings. The molecule has 0 saturated carbocycles. The number of rotatable bonds is 5. The number of carboxylic acids is 1. The molecule has 0 unspecified atom stereocenters. The maximum Gasteiger partial charge on any atom is 0.325 e. The van der Waals surface area contributed by atoms with Crippen LogP contribution in [0.3, 0.4) is 0 Å². The fourth-order valence-corrected chi connectivity index (χ4v) is 0.952. The van der Waals surface area contributed by atoms with Gasteiger partial charge in [-0.05, 0) is 19.4 Å². The summed E-state index contributed by atoms with van der Waals surface area (Å²) in [5.74, 6) is -0.921. The monoisotopic (exact) mass is 184 g/mol. The standard InChI is InChI=1S/C7H12N4O2/c8-3-1-2-6-4-11(10-9-6)5-7(12)13/h4H,1-3,5,8H2,(H,12,13). The van der Waals surface area contributed by atoms with Gasteiger partial charge in [-0.15, -0.1) is 5.10 Å². The van der Waals surface area contributed by atoms with Crippen LogP contribution in [0.2, 0.25) is 0 Å². The van der Waals surface area contributed by atoms with E-state index in [1.807, 2.05) is 0 Å². The number of hydrogen-bond acceptors (Lipinski definition) is 4. The van der Waals surface area contributed by atoms with Gasteiger partial charge in [-0.2, -0.15) is 0 Å². The summed E-state index contributed by atoms with van der Waals surface area (Å²) in [6.07, 6.45) is 3.21. The molecule has 3 N–H and O–H groups in total. The third-order valence-corrected chi connectivity index (χ3v) is 1.52. The van der Waals surface area contributed by atoms with Gasteiger partial charge in [0, 0.05) is 6.20 Å². The topological polar surface area (TPSA) is 94.0 Å². The van der Waals surface area contributed by atoms with Crippen molar-refractivity contribution < 1.29 is 9.90 Å². The predicted molar refractivity (Wildman–Crippen MR) is 45.0 cm³/mol. The number of aliphatic carboxylic acids is 1. The lowest BCUT2D eigenvalue weighted by molar-refractivity contribution is -0.137. The maximum absolute atomic E-state index is 10.3. The highest BCUT2D eigenvalue weighted by molar-refractivity contribution is 5.66. The quantitative estimate of drug-likeness (QED) is 0.628. The first-order valence-electron chi connectivity index (χ1n) is 4.03. The van der Waals surface area contributed by atoms with Crippen LogP contribution >= 0.6 is 0 Å². The van der Waals surface area contributed by atoms with Crippen molar-refractivity contribution in [3.63, 3.8) is 0 Å². The van der Waals surface area contributed by atoms with E-state index in [2.05, 4.69) is 10.3 Å². The third kappa shape index (κ3) is 3.20. The molecule has 1 aromatic rings. The van der Waals surface area contributed by atoms with E-state index in [1.54, 1.807) is 6.20 Å². The van der Waals surface area contributed by atoms with Gasteiger partial charge in [0.2, 0.25) is 0 Å². The molecule has 1 aromatic heterocycles. The van der Waals surface area contributed by atoms with E-state index in [1.165, 1.54) is 4.68 Å².